The summed E-state index contributed by atoms with van der Waals surface area (Å²) in [6.45, 7) is 3.45. The molecule has 4 aliphatic rings. The Balaban J connectivity index is 1.26. The van der Waals surface area contributed by atoms with Crippen LogP contribution < -0.4 is 0 Å². The highest BCUT2D eigenvalue weighted by atomic mass is 16.3. The predicted molar refractivity (Wildman–Crippen MR) is 125 cm³/mol. The maximum atomic E-state index is 13.5. The number of carbonyl (C=O) groups is 2. The average molecular weight is 451 g/mol. The Morgan fingerprint density at radius 2 is 1.73 bits per heavy atom. The second-order valence-electron chi connectivity index (χ2n) is 10.7. The van der Waals surface area contributed by atoms with Gasteiger partial charge in [-0.3, -0.25) is 9.59 Å². The van der Waals surface area contributed by atoms with Crippen LogP contribution in [0.15, 0.2) is 6.07 Å². The Hall–Kier alpha value is -2.41. The van der Waals surface area contributed by atoms with Crippen LogP contribution in [0.3, 0.4) is 0 Å². The van der Waals surface area contributed by atoms with Crippen molar-refractivity contribution in [3.8, 4) is 0 Å². The van der Waals surface area contributed by atoms with Gasteiger partial charge in [0.1, 0.15) is 6.54 Å². The van der Waals surface area contributed by atoms with Gasteiger partial charge in [-0.25, -0.2) is 4.98 Å². The molecule has 7 nitrogen and oxygen atoms in total. The van der Waals surface area contributed by atoms with Crippen LogP contribution in [0.4, 0.5) is 0 Å². The van der Waals surface area contributed by atoms with Gasteiger partial charge in [0.2, 0.25) is 5.91 Å². The molecule has 6 rings (SSSR count). The van der Waals surface area contributed by atoms with E-state index < -0.39 is 0 Å². The Kier molecular flexibility index (Phi) is 5.02. The van der Waals surface area contributed by atoms with Crippen LogP contribution >= 0.6 is 0 Å². The highest BCUT2D eigenvalue weighted by Gasteiger charge is 2.37. The van der Waals surface area contributed by atoms with Crippen molar-refractivity contribution < 1.29 is 14.7 Å². The van der Waals surface area contributed by atoms with Crippen molar-refractivity contribution in [3.63, 3.8) is 0 Å². The number of aliphatic hydroxyl groups is 1. The van der Waals surface area contributed by atoms with E-state index in [2.05, 4.69) is 13.0 Å². The van der Waals surface area contributed by atoms with Crippen molar-refractivity contribution in [2.45, 2.75) is 82.3 Å². The molecular weight excluding hydrogens is 416 g/mol. The number of aromatic nitrogens is 2. The van der Waals surface area contributed by atoms with Crippen LogP contribution in [0.2, 0.25) is 0 Å². The van der Waals surface area contributed by atoms with Gasteiger partial charge in [0.15, 0.2) is 5.82 Å². The zero-order valence-corrected chi connectivity index (χ0v) is 19.7. The lowest BCUT2D eigenvalue weighted by atomic mass is 9.91. The quantitative estimate of drug-likeness (QED) is 0.776. The van der Waals surface area contributed by atoms with Crippen LogP contribution in [-0.2, 0) is 11.8 Å². The maximum Gasteiger partial charge on any atom is 0.290 e. The maximum absolute atomic E-state index is 13.5. The molecule has 0 atom stereocenters. The normalized spacial score (nSPS) is 26.3. The molecule has 7 heteroatoms. The number of aliphatic hydroxyl groups excluding tert-OH is 1. The summed E-state index contributed by atoms with van der Waals surface area (Å²) in [6, 6.07) is 2.46. The SMILES string of the molecule is Cc1c(C2CC2)cc2c(nc(C(=O)N3CCN(C4CCC(O)CC4)C(=O)C3)n2C)c1C1CC1. The third-order valence-corrected chi connectivity index (χ3v) is 8.37. The molecule has 1 aromatic carbocycles. The smallest absolute Gasteiger partial charge is 0.290 e. The molecule has 3 saturated carbocycles. The minimum absolute atomic E-state index is 0.0142. The van der Waals surface area contributed by atoms with Gasteiger partial charge in [0, 0.05) is 26.2 Å². The molecule has 176 valence electrons. The first-order valence-corrected chi connectivity index (χ1v) is 12.7. The predicted octanol–water partition coefficient (Wildman–Crippen LogP) is 3.22. The first-order valence-electron chi connectivity index (χ1n) is 12.7. The number of nitrogens with zero attached hydrogens (tertiary/aromatic N) is 4. The third-order valence-electron chi connectivity index (χ3n) is 8.37. The Morgan fingerprint density at radius 1 is 1.03 bits per heavy atom. The van der Waals surface area contributed by atoms with Crippen LogP contribution in [0.1, 0.15) is 90.5 Å². The zero-order chi connectivity index (χ0) is 22.9. The summed E-state index contributed by atoms with van der Waals surface area (Å²) in [4.78, 5) is 34.9. The van der Waals surface area contributed by atoms with E-state index in [9.17, 15) is 14.7 Å². The molecular formula is C26H34N4O3. The van der Waals surface area contributed by atoms with Crippen molar-refractivity contribution >= 4 is 22.8 Å². The van der Waals surface area contributed by atoms with E-state index in [1.165, 1.54) is 42.4 Å². The van der Waals surface area contributed by atoms with Crippen molar-refractivity contribution in [1.29, 1.82) is 0 Å². The van der Waals surface area contributed by atoms with Crippen LogP contribution in [0, 0.1) is 6.92 Å². The summed E-state index contributed by atoms with van der Waals surface area (Å²) < 4.78 is 1.95. The van der Waals surface area contributed by atoms with Crippen molar-refractivity contribution in [2.75, 3.05) is 19.6 Å². The second-order valence-corrected chi connectivity index (χ2v) is 10.7. The number of rotatable bonds is 4. The van der Waals surface area contributed by atoms with Crippen LogP contribution in [-0.4, -0.2) is 68.1 Å². The monoisotopic (exact) mass is 450 g/mol. The molecule has 0 unspecified atom stereocenters. The highest BCUT2D eigenvalue weighted by Crippen LogP contribution is 2.49. The summed E-state index contributed by atoms with van der Waals surface area (Å²) in [5, 5.41) is 9.78. The zero-order valence-electron chi connectivity index (χ0n) is 19.7. The Bertz CT molecular complexity index is 1120. The van der Waals surface area contributed by atoms with Gasteiger partial charge >= 0.3 is 0 Å². The molecule has 4 fully saturated rings. The van der Waals surface area contributed by atoms with Gasteiger partial charge < -0.3 is 19.5 Å². The van der Waals surface area contributed by atoms with Crippen molar-refractivity contribution in [1.82, 2.24) is 19.4 Å². The van der Waals surface area contributed by atoms with Gasteiger partial charge in [-0.2, -0.15) is 0 Å². The summed E-state index contributed by atoms with van der Waals surface area (Å²) in [7, 11) is 1.94. The number of fused-ring (bicyclic) bond motifs is 1. The lowest BCUT2D eigenvalue weighted by Gasteiger charge is -2.41. The molecule has 1 saturated heterocycles. The standard InChI is InChI=1S/C26H34N4O3/c1-15-20(16-3-4-16)13-21-24(23(15)17-5-6-17)27-25(28(21)2)26(33)29-11-12-30(22(32)14-29)18-7-9-19(31)10-8-18/h13,16-19,31H,3-12,14H2,1-2H3. The third kappa shape index (κ3) is 3.65. The summed E-state index contributed by atoms with van der Waals surface area (Å²) >= 11 is 0. The van der Waals surface area contributed by atoms with Crippen LogP contribution in [0.5, 0.6) is 0 Å². The largest absolute Gasteiger partial charge is 0.393 e. The van der Waals surface area contributed by atoms with E-state index >= 15 is 0 Å². The number of carbonyl (C=O) groups excluding carboxylic acids is 2. The number of piperazine rings is 1. The molecule has 2 heterocycles. The molecule has 1 aliphatic heterocycles. The van der Waals surface area contributed by atoms with E-state index in [0.717, 1.165) is 36.7 Å². The van der Waals surface area contributed by atoms with Gasteiger partial charge in [0.25, 0.3) is 5.91 Å². The lowest BCUT2D eigenvalue weighted by Crippen LogP contribution is -2.56. The van der Waals surface area contributed by atoms with Gasteiger partial charge in [0.05, 0.1) is 17.1 Å². The average Bonchev–Trinajstić information content (AvgIpc) is 3.72. The topological polar surface area (TPSA) is 78.7 Å². The molecule has 33 heavy (non-hydrogen) atoms. The number of hydrogen-bond acceptors (Lipinski definition) is 4. The second kappa shape index (κ2) is 7.83. The summed E-state index contributed by atoms with van der Waals surface area (Å²) in [5.74, 6) is 1.55. The summed E-state index contributed by atoms with van der Waals surface area (Å²) in [5.41, 5.74) is 6.21. The number of hydrogen-bond donors (Lipinski definition) is 1. The molecule has 3 aliphatic carbocycles. The molecule has 1 aromatic heterocycles. The Labute approximate surface area is 194 Å². The van der Waals surface area contributed by atoms with E-state index in [1.54, 1.807) is 4.90 Å². The van der Waals surface area contributed by atoms with Gasteiger partial charge in [-0.15, -0.1) is 0 Å². The van der Waals surface area contributed by atoms with E-state index in [4.69, 9.17) is 4.98 Å². The fourth-order valence-electron chi connectivity index (χ4n) is 6.10. The van der Waals surface area contributed by atoms with E-state index in [1.807, 2.05) is 16.5 Å². The fourth-order valence-corrected chi connectivity index (χ4v) is 6.10. The minimum Gasteiger partial charge on any atom is -0.393 e. The fraction of sp³-hybridized carbons (Fsp3) is 0.654. The lowest BCUT2D eigenvalue weighted by molar-refractivity contribution is -0.138. The first kappa shape index (κ1) is 21.1. The van der Waals surface area contributed by atoms with Crippen molar-refractivity contribution in [2.24, 2.45) is 7.05 Å². The number of amides is 2. The van der Waals surface area contributed by atoms with Crippen molar-refractivity contribution in [3.05, 3.63) is 28.6 Å². The summed E-state index contributed by atoms with van der Waals surface area (Å²) in [6.07, 6.45) is 7.89. The van der Waals surface area contributed by atoms with Crippen LogP contribution in [0.25, 0.3) is 11.0 Å². The minimum atomic E-state index is -0.235. The van der Waals surface area contributed by atoms with Gasteiger partial charge in [-0.1, -0.05) is 0 Å². The molecule has 0 radical (unpaired) electrons. The molecule has 2 amide bonds. The number of benzene rings is 1. The highest BCUT2D eigenvalue weighted by molar-refractivity contribution is 5.98. The number of aryl methyl sites for hydroxylation is 1. The number of imidazole rings is 1. The van der Waals surface area contributed by atoms with E-state index in [-0.39, 0.29) is 30.5 Å². The molecule has 0 spiro atoms. The molecule has 2 aromatic rings. The van der Waals surface area contributed by atoms with E-state index in [0.29, 0.717) is 30.7 Å². The molecule has 1 N–H and O–H groups in total. The molecule has 0 bridgehead atoms. The Morgan fingerprint density at radius 3 is 2.36 bits per heavy atom. The van der Waals surface area contributed by atoms with Gasteiger partial charge in [-0.05, 0) is 92.9 Å². The first-order chi connectivity index (χ1) is 15.9.